The van der Waals surface area contributed by atoms with Crippen LogP contribution in [0, 0.1) is 5.92 Å². The van der Waals surface area contributed by atoms with E-state index in [1.54, 1.807) is 19.9 Å². The number of hydrogen-bond acceptors (Lipinski definition) is 3. The smallest absolute Gasteiger partial charge is 0.251 e. The van der Waals surface area contributed by atoms with E-state index in [4.69, 9.17) is 11.6 Å². The Labute approximate surface area is 156 Å². The van der Waals surface area contributed by atoms with E-state index in [0.29, 0.717) is 24.6 Å². The van der Waals surface area contributed by atoms with Crippen molar-refractivity contribution in [3.8, 4) is 0 Å². The van der Waals surface area contributed by atoms with Crippen molar-refractivity contribution in [1.29, 1.82) is 0 Å². The molecular weight excluding hydrogens is 360 g/mol. The number of benzene rings is 1. The van der Waals surface area contributed by atoms with E-state index in [1.165, 1.54) is 16.4 Å². The Balaban J connectivity index is 3.03. The molecule has 0 aliphatic rings. The number of hydrogen-bond donors (Lipinski definition) is 1. The largest absolute Gasteiger partial charge is 0.350 e. The number of carbonyl (C=O) groups is 1. The molecule has 0 fully saturated rings. The van der Waals surface area contributed by atoms with Crippen LogP contribution in [0.25, 0.3) is 0 Å². The zero-order chi connectivity index (χ0) is 19.2. The molecule has 0 saturated carbocycles. The van der Waals surface area contributed by atoms with Crippen LogP contribution in [-0.4, -0.2) is 37.8 Å². The zero-order valence-electron chi connectivity index (χ0n) is 15.7. The Hall–Kier alpha value is -1.11. The summed E-state index contributed by atoms with van der Waals surface area (Å²) in [6.45, 7) is 10.4. The Kier molecular flexibility index (Phi) is 8.38. The SMILES string of the molecule is CCN(CC)S(=O)(=O)c1cc(C(=O)N[C@H](C)CCC(C)C)ccc1Cl. The van der Waals surface area contributed by atoms with Crippen LogP contribution in [0.4, 0.5) is 0 Å². The lowest BCUT2D eigenvalue weighted by Gasteiger charge is -2.20. The molecular formula is C18H29ClN2O3S. The fraction of sp³-hybridized carbons (Fsp3) is 0.611. The number of carbonyl (C=O) groups excluding carboxylic acids is 1. The molecule has 0 bridgehead atoms. The van der Waals surface area contributed by atoms with E-state index >= 15 is 0 Å². The summed E-state index contributed by atoms with van der Waals surface area (Å²) in [7, 11) is -3.72. The van der Waals surface area contributed by atoms with E-state index < -0.39 is 10.0 Å². The van der Waals surface area contributed by atoms with Crippen molar-refractivity contribution >= 4 is 27.5 Å². The minimum Gasteiger partial charge on any atom is -0.350 e. The molecule has 1 N–H and O–H groups in total. The van der Waals surface area contributed by atoms with Gasteiger partial charge in [-0.2, -0.15) is 4.31 Å². The van der Waals surface area contributed by atoms with E-state index in [2.05, 4.69) is 19.2 Å². The lowest BCUT2D eigenvalue weighted by molar-refractivity contribution is 0.0937. The van der Waals surface area contributed by atoms with Gasteiger partial charge in [-0.3, -0.25) is 4.79 Å². The lowest BCUT2D eigenvalue weighted by Crippen LogP contribution is -2.33. The van der Waals surface area contributed by atoms with Gasteiger partial charge in [0.05, 0.1) is 5.02 Å². The van der Waals surface area contributed by atoms with Crippen molar-refractivity contribution in [2.75, 3.05) is 13.1 Å². The third-order valence-corrected chi connectivity index (χ3v) is 6.60. The van der Waals surface area contributed by atoms with E-state index in [9.17, 15) is 13.2 Å². The summed E-state index contributed by atoms with van der Waals surface area (Å²) in [5.74, 6) is 0.282. The van der Waals surface area contributed by atoms with E-state index in [1.807, 2.05) is 6.92 Å². The van der Waals surface area contributed by atoms with Crippen molar-refractivity contribution < 1.29 is 13.2 Å². The van der Waals surface area contributed by atoms with E-state index in [-0.39, 0.29) is 21.9 Å². The monoisotopic (exact) mass is 388 g/mol. The lowest BCUT2D eigenvalue weighted by atomic mass is 10.0. The molecule has 0 aromatic heterocycles. The summed E-state index contributed by atoms with van der Waals surface area (Å²) in [4.78, 5) is 12.4. The maximum atomic E-state index is 12.7. The minimum atomic E-state index is -3.72. The first-order valence-corrected chi connectivity index (χ1v) is 10.6. The minimum absolute atomic E-state index is 0.0217. The molecule has 1 rings (SSSR count). The highest BCUT2D eigenvalue weighted by Gasteiger charge is 2.25. The quantitative estimate of drug-likeness (QED) is 0.697. The number of rotatable bonds is 9. The molecule has 0 heterocycles. The van der Waals surface area contributed by atoms with Gasteiger partial charge >= 0.3 is 0 Å². The van der Waals surface area contributed by atoms with Crippen molar-refractivity contribution in [1.82, 2.24) is 9.62 Å². The van der Waals surface area contributed by atoms with Gasteiger partial charge in [0.1, 0.15) is 4.90 Å². The summed E-state index contributed by atoms with van der Waals surface area (Å²) in [5, 5.41) is 3.04. The Bertz CT molecular complexity index is 686. The highest BCUT2D eigenvalue weighted by molar-refractivity contribution is 7.89. The van der Waals surface area contributed by atoms with Gasteiger partial charge in [0.15, 0.2) is 0 Å². The van der Waals surface area contributed by atoms with Crippen molar-refractivity contribution in [2.24, 2.45) is 5.92 Å². The number of sulfonamides is 1. The van der Waals surface area contributed by atoms with Crippen molar-refractivity contribution in [2.45, 2.75) is 58.4 Å². The summed E-state index contributed by atoms with van der Waals surface area (Å²) in [6.07, 6.45) is 1.89. The van der Waals surface area contributed by atoms with Crippen LogP contribution in [0.3, 0.4) is 0 Å². The standard InChI is InChI=1S/C18H29ClN2O3S/c1-6-21(7-2)25(23,24)17-12-15(10-11-16(17)19)18(22)20-14(5)9-8-13(3)4/h10-14H,6-9H2,1-5H3,(H,20,22)/t14-/m1/s1. The average Bonchev–Trinajstić information content (AvgIpc) is 2.53. The van der Waals surface area contributed by atoms with Gasteiger partial charge in [-0.15, -0.1) is 0 Å². The van der Waals surface area contributed by atoms with Crippen molar-refractivity contribution in [3.05, 3.63) is 28.8 Å². The second-order valence-corrected chi connectivity index (χ2v) is 8.89. The summed E-state index contributed by atoms with van der Waals surface area (Å²) < 4.78 is 26.7. The maximum absolute atomic E-state index is 12.7. The first-order chi connectivity index (χ1) is 11.6. The molecule has 0 aliphatic carbocycles. The Morgan fingerprint density at radius 3 is 2.28 bits per heavy atom. The summed E-state index contributed by atoms with van der Waals surface area (Å²) >= 11 is 6.10. The predicted octanol–water partition coefficient (Wildman–Crippen LogP) is 3.93. The Morgan fingerprint density at radius 1 is 1.16 bits per heavy atom. The van der Waals surface area contributed by atoms with E-state index in [0.717, 1.165) is 12.8 Å². The molecule has 1 aromatic carbocycles. The van der Waals surface area contributed by atoms with Crippen molar-refractivity contribution in [3.63, 3.8) is 0 Å². The normalized spacial score (nSPS) is 13.3. The van der Waals surface area contributed by atoms with Gasteiger partial charge in [-0.05, 0) is 43.9 Å². The number of nitrogens with zero attached hydrogens (tertiary/aromatic N) is 1. The third kappa shape index (κ3) is 5.97. The second-order valence-electron chi connectivity index (χ2n) is 6.58. The molecule has 0 spiro atoms. The molecule has 7 heteroatoms. The van der Waals surface area contributed by atoms with Crippen LogP contribution in [-0.2, 0) is 10.0 Å². The van der Waals surface area contributed by atoms with Crippen LogP contribution in [0.15, 0.2) is 23.1 Å². The first kappa shape index (κ1) is 21.9. The molecule has 5 nitrogen and oxygen atoms in total. The topological polar surface area (TPSA) is 66.5 Å². The number of amides is 1. The molecule has 0 aliphatic heterocycles. The molecule has 0 radical (unpaired) electrons. The van der Waals surface area contributed by atoms with Crippen LogP contribution < -0.4 is 5.32 Å². The van der Waals surface area contributed by atoms with Crippen LogP contribution in [0.5, 0.6) is 0 Å². The van der Waals surface area contributed by atoms with Crippen LogP contribution in [0.1, 0.15) is 57.8 Å². The fourth-order valence-electron chi connectivity index (χ4n) is 2.51. The molecule has 142 valence electrons. The third-order valence-electron chi connectivity index (χ3n) is 4.07. The zero-order valence-corrected chi connectivity index (χ0v) is 17.2. The number of halogens is 1. The molecule has 1 aromatic rings. The van der Waals surface area contributed by atoms with Gasteiger partial charge in [0.25, 0.3) is 5.91 Å². The summed E-state index contributed by atoms with van der Waals surface area (Å²) in [5.41, 5.74) is 0.298. The molecule has 0 unspecified atom stereocenters. The van der Waals surface area contributed by atoms with Gasteiger partial charge in [-0.25, -0.2) is 8.42 Å². The van der Waals surface area contributed by atoms with Gasteiger partial charge in [0.2, 0.25) is 10.0 Å². The van der Waals surface area contributed by atoms with Crippen LogP contribution in [0.2, 0.25) is 5.02 Å². The Morgan fingerprint density at radius 2 is 1.76 bits per heavy atom. The van der Waals surface area contributed by atoms with Gasteiger partial charge in [-0.1, -0.05) is 39.3 Å². The van der Waals surface area contributed by atoms with Crippen LogP contribution >= 0.6 is 11.6 Å². The highest BCUT2D eigenvalue weighted by Crippen LogP contribution is 2.26. The average molecular weight is 389 g/mol. The fourth-order valence-corrected chi connectivity index (χ4v) is 4.47. The molecule has 25 heavy (non-hydrogen) atoms. The second kappa shape index (κ2) is 9.55. The molecule has 0 saturated heterocycles. The summed E-state index contributed by atoms with van der Waals surface area (Å²) in [6, 6.07) is 4.40. The van der Waals surface area contributed by atoms with Gasteiger partial charge < -0.3 is 5.32 Å². The molecule has 1 amide bonds. The highest BCUT2D eigenvalue weighted by atomic mass is 35.5. The first-order valence-electron chi connectivity index (χ1n) is 8.74. The van der Waals surface area contributed by atoms with Gasteiger partial charge in [0, 0.05) is 24.7 Å². The number of nitrogens with one attached hydrogen (secondary N) is 1. The maximum Gasteiger partial charge on any atom is 0.251 e. The molecule has 1 atom stereocenters. The predicted molar refractivity (Wildman–Crippen MR) is 103 cm³/mol.